The Morgan fingerprint density at radius 1 is 1.21 bits per heavy atom. The molecule has 2 rings (SSSR count). The topological polar surface area (TPSA) is 26.3 Å². The Morgan fingerprint density at radius 2 is 1.89 bits per heavy atom. The molecule has 2 nitrogen and oxygen atoms in total. The van der Waals surface area contributed by atoms with Crippen molar-refractivity contribution in [1.82, 2.24) is 0 Å². The van der Waals surface area contributed by atoms with Gasteiger partial charge in [-0.25, -0.2) is 0 Å². The van der Waals surface area contributed by atoms with Crippen LogP contribution in [0.4, 0.5) is 0 Å². The van der Waals surface area contributed by atoms with Crippen molar-refractivity contribution in [3.63, 3.8) is 0 Å². The minimum absolute atomic E-state index is 0.111. The maximum atomic E-state index is 12.2. The molecule has 0 N–H and O–H groups in total. The van der Waals surface area contributed by atoms with Gasteiger partial charge in [0.1, 0.15) is 5.76 Å². The van der Waals surface area contributed by atoms with Crippen molar-refractivity contribution < 1.29 is 9.53 Å². The van der Waals surface area contributed by atoms with Gasteiger partial charge in [0, 0.05) is 0 Å². The van der Waals surface area contributed by atoms with E-state index >= 15 is 0 Å². The Bertz CT molecular complexity index is 442. The van der Waals surface area contributed by atoms with Crippen LogP contribution in [0.5, 0.6) is 0 Å². The van der Waals surface area contributed by atoms with Gasteiger partial charge in [-0.3, -0.25) is 4.79 Å². The predicted octanol–water partition coefficient (Wildman–Crippen LogP) is 4.76. The van der Waals surface area contributed by atoms with Crippen LogP contribution >= 0.6 is 0 Å². The molecule has 1 fully saturated rings. The van der Waals surface area contributed by atoms with Gasteiger partial charge in [0.2, 0.25) is 0 Å². The number of esters is 1. The molecule has 0 aromatic rings. The van der Waals surface area contributed by atoms with E-state index in [1.807, 2.05) is 20.8 Å². The third kappa shape index (κ3) is 2.93. The molecule has 2 aliphatic carbocycles. The SMILES string of the molecule is CC(C)=C1CC2CCCCC2=C1OC(=O)C(C)(C)C. The van der Waals surface area contributed by atoms with E-state index < -0.39 is 5.41 Å². The van der Waals surface area contributed by atoms with E-state index in [2.05, 4.69) is 13.8 Å². The van der Waals surface area contributed by atoms with Crippen molar-refractivity contribution in [2.45, 2.75) is 66.7 Å². The van der Waals surface area contributed by atoms with E-state index in [0.29, 0.717) is 5.92 Å². The van der Waals surface area contributed by atoms with Crippen LogP contribution in [0.1, 0.15) is 66.7 Å². The Morgan fingerprint density at radius 3 is 2.47 bits per heavy atom. The average Bonchev–Trinajstić information content (AvgIpc) is 2.67. The minimum Gasteiger partial charge on any atom is -0.426 e. The summed E-state index contributed by atoms with van der Waals surface area (Å²) in [5.41, 5.74) is 3.53. The summed E-state index contributed by atoms with van der Waals surface area (Å²) in [6.07, 6.45) is 5.98. The lowest BCUT2D eigenvalue weighted by molar-refractivity contribution is -0.148. The highest BCUT2D eigenvalue weighted by Crippen LogP contribution is 2.46. The van der Waals surface area contributed by atoms with Gasteiger partial charge in [-0.1, -0.05) is 12.0 Å². The van der Waals surface area contributed by atoms with Crippen molar-refractivity contribution >= 4 is 5.97 Å². The standard InChI is InChI=1S/C17H26O2/c1-11(2)14-10-12-8-6-7-9-13(12)15(14)19-16(18)17(3,4)5/h12H,6-10H2,1-5H3. The van der Waals surface area contributed by atoms with Gasteiger partial charge in [0.05, 0.1) is 5.41 Å². The molecule has 2 heteroatoms. The Balaban J connectivity index is 2.32. The third-order valence-corrected chi connectivity index (χ3v) is 4.17. The van der Waals surface area contributed by atoms with Crippen LogP contribution in [-0.2, 0) is 9.53 Å². The molecule has 1 atom stereocenters. The zero-order valence-corrected chi connectivity index (χ0v) is 12.9. The van der Waals surface area contributed by atoms with Crippen molar-refractivity contribution in [2.24, 2.45) is 11.3 Å². The number of carbonyl (C=O) groups excluding carboxylic acids is 1. The fourth-order valence-electron chi connectivity index (χ4n) is 2.95. The number of hydrogen-bond donors (Lipinski definition) is 0. The smallest absolute Gasteiger partial charge is 0.316 e. The fourth-order valence-corrected chi connectivity index (χ4v) is 2.95. The molecule has 1 saturated carbocycles. The average molecular weight is 262 g/mol. The first kappa shape index (κ1) is 14.4. The summed E-state index contributed by atoms with van der Waals surface area (Å²) in [7, 11) is 0. The first-order valence-corrected chi connectivity index (χ1v) is 7.42. The van der Waals surface area contributed by atoms with Crippen LogP contribution < -0.4 is 0 Å². The second-order valence-corrected chi connectivity index (χ2v) is 7.12. The van der Waals surface area contributed by atoms with Crippen LogP contribution in [0.2, 0.25) is 0 Å². The van der Waals surface area contributed by atoms with E-state index in [1.54, 1.807) is 0 Å². The van der Waals surface area contributed by atoms with E-state index in [-0.39, 0.29) is 5.97 Å². The molecular formula is C17H26O2. The molecule has 0 aliphatic heterocycles. The van der Waals surface area contributed by atoms with Gasteiger partial charge in [-0.05, 0) is 77.4 Å². The van der Waals surface area contributed by atoms with Crippen LogP contribution in [-0.4, -0.2) is 5.97 Å². The van der Waals surface area contributed by atoms with Crippen LogP contribution in [0.15, 0.2) is 22.5 Å². The Labute approximate surface area is 116 Å². The number of fused-ring (bicyclic) bond motifs is 1. The normalized spacial score (nSPS) is 23.4. The lowest BCUT2D eigenvalue weighted by atomic mass is 9.86. The van der Waals surface area contributed by atoms with Gasteiger partial charge in [-0.15, -0.1) is 0 Å². The molecule has 0 saturated heterocycles. The molecule has 1 unspecified atom stereocenters. The minimum atomic E-state index is -0.437. The summed E-state index contributed by atoms with van der Waals surface area (Å²) >= 11 is 0. The lowest BCUT2D eigenvalue weighted by Crippen LogP contribution is -2.23. The van der Waals surface area contributed by atoms with Gasteiger partial charge in [-0.2, -0.15) is 0 Å². The first-order chi connectivity index (χ1) is 8.80. The third-order valence-electron chi connectivity index (χ3n) is 4.17. The summed E-state index contributed by atoms with van der Waals surface area (Å²) < 4.78 is 5.80. The highest BCUT2D eigenvalue weighted by Gasteiger charge is 2.35. The van der Waals surface area contributed by atoms with Gasteiger partial charge in [0.15, 0.2) is 0 Å². The van der Waals surface area contributed by atoms with Gasteiger partial charge in [0.25, 0.3) is 0 Å². The van der Waals surface area contributed by atoms with Crippen LogP contribution in [0.25, 0.3) is 0 Å². The molecule has 0 bridgehead atoms. The Kier molecular flexibility index (Phi) is 3.89. The lowest BCUT2D eigenvalue weighted by Gasteiger charge is -2.21. The maximum Gasteiger partial charge on any atom is 0.316 e. The van der Waals surface area contributed by atoms with Gasteiger partial charge < -0.3 is 4.74 Å². The largest absolute Gasteiger partial charge is 0.426 e. The number of hydrogen-bond acceptors (Lipinski definition) is 2. The number of ether oxygens (including phenoxy) is 1. The highest BCUT2D eigenvalue weighted by molar-refractivity contribution is 5.77. The van der Waals surface area contributed by atoms with Crippen molar-refractivity contribution in [2.75, 3.05) is 0 Å². The quantitative estimate of drug-likeness (QED) is 0.637. The summed E-state index contributed by atoms with van der Waals surface area (Å²) in [5, 5.41) is 0. The second-order valence-electron chi connectivity index (χ2n) is 7.12. The predicted molar refractivity (Wildman–Crippen MR) is 77.5 cm³/mol. The zero-order chi connectivity index (χ0) is 14.2. The van der Waals surface area contributed by atoms with Gasteiger partial charge >= 0.3 is 5.97 Å². The van der Waals surface area contributed by atoms with Crippen molar-refractivity contribution in [1.29, 1.82) is 0 Å². The number of carbonyl (C=O) groups is 1. The van der Waals surface area contributed by atoms with E-state index in [0.717, 1.165) is 18.6 Å². The molecule has 0 heterocycles. The maximum absolute atomic E-state index is 12.2. The first-order valence-electron chi connectivity index (χ1n) is 7.42. The zero-order valence-electron chi connectivity index (χ0n) is 12.9. The van der Waals surface area contributed by atoms with E-state index in [1.165, 1.54) is 36.0 Å². The molecule has 2 aliphatic rings. The molecule has 0 radical (unpaired) electrons. The molecule has 0 amide bonds. The van der Waals surface area contributed by atoms with Crippen LogP contribution in [0, 0.1) is 11.3 Å². The molecule has 0 aromatic heterocycles. The monoisotopic (exact) mass is 262 g/mol. The summed E-state index contributed by atoms with van der Waals surface area (Å²) in [5.74, 6) is 1.44. The van der Waals surface area contributed by atoms with Crippen LogP contribution in [0.3, 0.4) is 0 Å². The summed E-state index contributed by atoms with van der Waals surface area (Å²) in [6, 6.07) is 0. The number of rotatable bonds is 1. The summed E-state index contributed by atoms with van der Waals surface area (Å²) in [4.78, 5) is 12.2. The molecular weight excluding hydrogens is 236 g/mol. The molecule has 0 spiro atoms. The molecule has 0 aromatic carbocycles. The second kappa shape index (κ2) is 5.15. The summed E-state index contributed by atoms with van der Waals surface area (Å²) in [6.45, 7) is 9.98. The van der Waals surface area contributed by atoms with Crippen molar-refractivity contribution in [3.05, 3.63) is 22.5 Å². The van der Waals surface area contributed by atoms with Crippen molar-refractivity contribution in [3.8, 4) is 0 Å². The molecule has 106 valence electrons. The fraction of sp³-hybridized carbons (Fsp3) is 0.706. The molecule has 19 heavy (non-hydrogen) atoms. The Hall–Kier alpha value is -1.05. The number of allylic oxidation sites excluding steroid dienone is 3. The van der Waals surface area contributed by atoms with E-state index in [9.17, 15) is 4.79 Å². The highest BCUT2D eigenvalue weighted by atomic mass is 16.5. The van der Waals surface area contributed by atoms with E-state index in [4.69, 9.17) is 4.74 Å².